The van der Waals surface area contributed by atoms with E-state index in [9.17, 15) is 9.18 Å². The van der Waals surface area contributed by atoms with E-state index in [1.807, 2.05) is 43.6 Å². The van der Waals surface area contributed by atoms with Crippen molar-refractivity contribution in [3.05, 3.63) is 96.5 Å². The van der Waals surface area contributed by atoms with E-state index < -0.39 is 0 Å². The third kappa shape index (κ3) is 3.54. The Balaban J connectivity index is 1.49. The summed E-state index contributed by atoms with van der Waals surface area (Å²) in [6.45, 7) is 1.91. The lowest BCUT2D eigenvalue weighted by molar-refractivity contribution is 0.102. The van der Waals surface area contributed by atoms with E-state index in [1.165, 1.54) is 24.7 Å². The van der Waals surface area contributed by atoms with Crippen molar-refractivity contribution in [3.63, 3.8) is 0 Å². The predicted molar refractivity (Wildman–Crippen MR) is 115 cm³/mol. The summed E-state index contributed by atoms with van der Waals surface area (Å²) in [5, 5.41) is 18.5. The number of anilines is 1. The molecule has 0 saturated heterocycles. The van der Waals surface area contributed by atoms with Crippen molar-refractivity contribution in [2.75, 3.05) is 5.32 Å². The fraction of sp³-hybridized carbons (Fsp3) is 0.0455. The number of aromatic nitrogens is 7. The summed E-state index contributed by atoms with van der Waals surface area (Å²) >= 11 is 0. The van der Waals surface area contributed by atoms with Gasteiger partial charge in [0.1, 0.15) is 17.7 Å². The molecule has 5 aromatic rings. The zero-order chi connectivity index (χ0) is 22.1. The molecule has 0 fully saturated rings. The first-order valence-corrected chi connectivity index (χ1v) is 9.73. The zero-order valence-corrected chi connectivity index (χ0v) is 16.9. The van der Waals surface area contributed by atoms with Gasteiger partial charge in [-0.25, -0.2) is 13.8 Å². The van der Waals surface area contributed by atoms with Gasteiger partial charge in [0.15, 0.2) is 5.82 Å². The van der Waals surface area contributed by atoms with Crippen LogP contribution in [-0.2, 0) is 0 Å². The maximum Gasteiger partial charge on any atom is 0.261 e. The molecule has 3 aromatic heterocycles. The maximum atomic E-state index is 13.4. The Morgan fingerprint density at radius 2 is 1.84 bits per heavy atom. The lowest BCUT2D eigenvalue weighted by Crippen LogP contribution is -2.15. The number of nitrogens with zero attached hydrogens (tertiary/aromatic N) is 7. The number of benzene rings is 2. The minimum Gasteiger partial charge on any atom is -0.322 e. The lowest BCUT2D eigenvalue weighted by atomic mass is 10.1. The van der Waals surface area contributed by atoms with Crippen LogP contribution >= 0.6 is 0 Å². The van der Waals surface area contributed by atoms with Gasteiger partial charge in [-0.1, -0.05) is 0 Å². The number of nitrogens with one attached hydrogen (secondary N) is 1. The molecule has 10 heteroatoms. The van der Waals surface area contributed by atoms with Gasteiger partial charge >= 0.3 is 0 Å². The van der Waals surface area contributed by atoms with E-state index in [4.69, 9.17) is 0 Å². The largest absolute Gasteiger partial charge is 0.322 e. The summed E-state index contributed by atoms with van der Waals surface area (Å²) in [6, 6.07) is 15.1. The average Bonchev–Trinajstić information content (AvgIpc) is 3.55. The highest BCUT2D eigenvalue weighted by atomic mass is 19.1. The molecule has 0 aliphatic heterocycles. The fourth-order valence-electron chi connectivity index (χ4n) is 3.46. The molecule has 1 N–H and O–H groups in total. The summed E-state index contributed by atoms with van der Waals surface area (Å²) < 4.78 is 18.3. The quantitative estimate of drug-likeness (QED) is 0.463. The highest BCUT2D eigenvalue weighted by Gasteiger charge is 2.20. The first kappa shape index (κ1) is 19.4. The van der Waals surface area contributed by atoms with Gasteiger partial charge < -0.3 is 9.88 Å². The smallest absolute Gasteiger partial charge is 0.261 e. The fourth-order valence-corrected chi connectivity index (χ4v) is 3.46. The van der Waals surface area contributed by atoms with Crippen molar-refractivity contribution in [3.8, 4) is 17.2 Å². The molecule has 9 nitrogen and oxygen atoms in total. The Labute approximate surface area is 181 Å². The van der Waals surface area contributed by atoms with E-state index in [-0.39, 0.29) is 11.7 Å². The molecule has 0 radical (unpaired) electrons. The highest BCUT2D eigenvalue weighted by Crippen LogP contribution is 2.23. The lowest BCUT2D eigenvalue weighted by Gasteiger charge is -2.12. The van der Waals surface area contributed by atoms with Gasteiger partial charge in [0.25, 0.3) is 5.91 Å². The second kappa shape index (κ2) is 7.91. The van der Waals surface area contributed by atoms with Gasteiger partial charge in [-0.05, 0) is 77.5 Å². The maximum absolute atomic E-state index is 13.4. The number of hydrogen-bond donors (Lipinski definition) is 1. The van der Waals surface area contributed by atoms with Crippen molar-refractivity contribution in [1.29, 1.82) is 0 Å². The number of carbonyl (C=O) groups is 1. The average molecular weight is 428 g/mol. The summed E-state index contributed by atoms with van der Waals surface area (Å²) in [7, 11) is 0. The van der Waals surface area contributed by atoms with Crippen LogP contribution in [0.2, 0.25) is 0 Å². The standard InChI is InChI=1S/C22H17FN8O/c1-15-12-17(6-9-20(15)30-14-24-27-28-30)26-21(32)19-13-25-31(18-7-4-16(23)5-8-18)22(19)29-10-2-3-11-29/h2-14H,1H3,(H,26,32). The topological polar surface area (TPSA) is 95.5 Å². The van der Waals surface area contributed by atoms with Crippen LogP contribution in [0.5, 0.6) is 0 Å². The molecule has 5 rings (SSSR count). The molecule has 0 aliphatic rings. The van der Waals surface area contributed by atoms with Crippen LogP contribution in [0.1, 0.15) is 15.9 Å². The predicted octanol–water partition coefficient (Wildman–Crippen LogP) is 3.34. The molecule has 0 spiro atoms. The molecule has 3 heterocycles. The molecule has 0 unspecified atom stereocenters. The van der Waals surface area contributed by atoms with E-state index in [0.29, 0.717) is 22.8 Å². The first-order chi connectivity index (χ1) is 15.6. The van der Waals surface area contributed by atoms with Crippen molar-refractivity contribution in [2.24, 2.45) is 0 Å². The molecule has 0 aliphatic carbocycles. The molecular weight excluding hydrogens is 411 g/mol. The third-order valence-corrected chi connectivity index (χ3v) is 4.96. The van der Waals surface area contributed by atoms with Crippen molar-refractivity contribution >= 4 is 11.6 Å². The molecule has 0 bridgehead atoms. The van der Waals surface area contributed by atoms with E-state index in [2.05, 4.69) is 25.9 Å². The Bertz CT molecular complexity index is 1370. The van der Waals surface area contributed by atoms with Crippen LogP contribution in [0.25, 0.3) is 17.2 Å². The van der Waals surface area contributed by atoms with Crippen molar-refractivity contribution in [2.45, 2.75) is 6.92 Å². The number of rotatable bonds is 5. The minimum absolute atomic E-state index is 0.323. The summed E-state index contributed by atoms with van der Waals surface area (Å²) in [5.74, 6) is -0.125. The Hall–Kier alpha value is -4.60. The van der Waals surface area contributed by atoms with Crippen LogP contribution in [-0.4, -0.2) is 40.5 Å². The van der Waals surface area contributed by atoms with Crippen LogP contribution in [0.15, 0.2) is 79.5 Å². The number of halogens is 1. The van der Waals surface area contributed by atoms with Gasteiger partial charge in [-0.2, -0.15) is 5.10 Å². The van der Waals surface area contributed by atoms with Crippen LogP contribution < -0.4 is 5.32 Å². The second-order valence-corrected chi connectivity index (χ2v) is 7.07. The molecule has 0 atom stereocenters. The van der Waals surface area contributed by atoms with Crippen molar-refractivity contribution in [1.82, 2.24) is 34.6 Å². The Morgan fingerprint density at radius 3 is 2.53 bits per heavy atom. The van der Waals surface area contributed by atoms with E-state index in [1.54, 1.807) is 32.1 Å². The normalized spacial score (nSPS) is 10.9. The van der Waals surface area contributed by atoms with Crippen LogP contribution in [0.3, 0.4) is 0 Å². The van der Waals surface area contributed by atoms with Crippen molar-refractivity contribution < 1.29 is 9.18 Å². The zero-order valence-electron chi connectivity index (χ0n) is 16.9. The monoisotopic (exact) mass is 428 g/mol. The Kier molecular flexibility index (Phi) is 4.79. The molecule has 0 saturated carbocycles. The van der Waals surface area contributed by atoms with Crippen LogP contribution in [0, 0.1) is 12.7 Å². The SMILES string of the molecule is Cc1cc(NC(=O)c2cnn(-c3ccc(F)cc3)c2-n2cccc2)ccc1-n1cnnn1. The third-order valence-electron chi connectivity index (χ3n) is 4.96. The molecule has 2 aromatic carbocycles. The van der Waals surface area contributed by atoms with Gasteiger partial charge in [-0.15, -0.1) is 5.10 Å². The second-order valence-electron chi connectivity index (χ2n) is 7.07. The van der Waals surface area contributed by atoms with E-state index in [0.717, 1.165) is 11.3 Å². The number of carbonyl (C=O) groups excluding carboxylic acids is 1. The summed E-state index contributed by atoms with van der Waals surface area (Å²) in [6.07, 6.45) is 6.64. The number of hydrogen-bond acceptors (Lipinski definition) is 5. The van der Waals surface area contributed by atoms with Gasteiger partial charge in [-0.3, -0.25) is 4.79 Å². The first-order valence-electron chi connectivity index (χ1n) is 9.73. The summed E-state index contributed by atoms with van der Waals surface area (Å²) in [4.78, 5) is 13.2. The number of amides is 1. The van der Waals surface area contributed by atoms with Gasteiger partial charge in [0, 0.05) is 18.1 Å². The Morgan fingerprint density at radius 1 is 1.06 bits per heavy atom. The van der Waals surface area contributed by atoms with E-state index >= 15 is 0 Å². The van der Waals surface area contributed by atoms with Crippen LogP contribution in [0.4, 0.5) is 10.1 Å². The minimum atomic E-state index is -0.345. The van der Waals surface area contributed by atoms with Gasteiger partial charge in [0.05, 0.1) is 17.6 Å². The molecule has 32 heavy (non-hydrogen) atoms. The van der Waals surface area contributed by atoms with Gasteiger partial charge in [0.2, 0.25) is 0 Å². The highest BCUT2D eigenvalue weighted by molar-refractivity contribution is 6.06. The molecular formula is C22H17FN8O. The number of aryl methyl sites for hydroxylation is 1. The summed E-state index contributed by atoms with van der Waals surface area (Å²) in [5.41, 5.74) is 3.33. The number of tetrazole rings is 1. The molecule has 1 amide bonds. The molecule has 158 valence electrons.